The van der Waals surface area contributed by atoms with E-state index in [1.54, 1.807) is 18.2 Å². The summed E-state index contributed by atoms with van der Waals surface area (Å²) in [6.45, 7) is 3.85. The van der Waals surface area contributed by atoms with Crippen molar-refractivity contribution in [1.82, 2.24) is 15.2 Å². The van der Waals surface area contributed by atoms with Gasteiger partial charge in [0.1, 0.15) is 42.0 Å². The number of carboxylic acids is 1. The highest BCUT2D eigenvalue weighted by Gasteiger charge is 2.36. The number of esters is 1. The first-order chi connectivity index (χ1) is 27.5. The number of aliphatic hydroxyl groups excluding tert-OH is 2. The van der Waals surface area contributed by atoms with Crippen LogP contribution in [0, 0.1) is 6.92 Å². The van der Waals surface area contributed by atoms with E-state index < -0.39 is 40.1 Å². The number of carboxylic acid groups (broad SMARTS) is 1. The van der Waals surface area contributed by atoms with E-state index in [4.69, 9.17) is 42.1 Å². The van der Waals surface area contributed by atoms with Crippen LogP contribution in [0.2, 0.25) is 10.0 Å². The number of aromatic nitrogens is 1. The van der Waals surface area contributed by atoms with Gasteiger partial charge in [-0.2, -0.15) is 0 Å². The van der Waals surface area contributed by atoms with Gasteiger partial charge in [-0.05, 0) is 55.2 Å². The standard InChI is InChI=1S/C41H47Cl2N3O11S/c1-25-27(8-5-9-31(25)32-10-6-11-35(38(32)43)55-13-7-12-46-21-29(48)16-34(46)39(49)54-3)23-57-37-17-36(56-22-26-14-30(20-44-18-26)58(4,52)53)28(15-33(37)42)19-45-41(2,24-47)40(50)51/h5-6,8-11,14-15,17-18,20,29,34,45,47-48H,7,12-13,16,19,21-24H2,1-4H3,(H,50,51)/t29-,34+,41+/m1/s1. The zero-order valence-corrected chi connectivity index (χ0v) is 34.9. The van der Waals surface area contributed by atoms with Crippen LogP contribution in [0.3, 0.4) is 0 Å². The van der Waals surface area contributed by atoms with E-state index in [0.29, 0.717) is 54.4 Å². The SMILES string of the molecule is COC(=O)[C@@H]1C[C@@H](O)CN1CCCOc1cccc(-c2cccc(COc3cc(OCc4cncc(S(C)(=O)=O)c4)c(CN[C@@](C)(CO)C(=O)O)cc3Cl)c2C)c1Cl. The van der Waals surface area contributed by atoms with Crippen LogP contribution in [0.15, 0.2) is 71.9 Å². The number of aliphatic carboxylic acids is 1. The summed E-state index contributed by atoms with van der Waals surface area (Å²) in [5, 5.41) is 33.0. The van der Waals surface area contributed by atoms with Crippen molar-refractivity contribution in [2.75, 3.05) is 39.7 Å². The predicted octanol–water partition coefficient (Wildman–Crippen LogP) is 5.23. The number of likely N-dealkylation sites (tertiary alicyclic amines) is 1. The van der Waals surface area contributed by atoms with E-state index in [1.807, 2.05) is 42.2 Å². The second-order valence-corrected chi connectivity index (χ2v) is 17.1. The van der Waals surface area contributed by atoms with Crippen molar-refractivity contribution < 1.29 is 52.3 Å². The van der Waals surface area contributed by atoms with Crippen molar-refractivity contribution >= 4 is 45.0 Å². The van der Waals surface area contributed by atoms with Crippen LogP contribution >= 0.6 is 23.2 Å². The van der Waals surface area contributed by atoms with E-state index in [9.17, 15) is 33.3 Å². The number of ether oxygens (including phenoxy) is 4. The summed E-state index contributed by atoms with van der Waals surface area (Å²) in [5.41, 5.74) is 2.62. The molecule has 0 unspecified atom stereocenters. The largest absolute Gasteiger partial charge is 0.492 e. The maximum Gasteiger partial charge on any atom is 0.326 e. The molecule has 1 fully saturated rings. The number of hydrogen-bond donors (Lipinski definition) is 4. The normalized spacial score (nSPS) is 16.8. The number of rotatable bonds is 19. The fourth-order valence-electron chi connectivity index (χ4n) is 6.43. The molecule has 312 valence electrons. The Kier molecular flexibility index (Phi) is 15.0. The maximum absolute atomic E-state index is 12.1. The van der Waals surface area contributed by atoms with Gasteiger partial charge in [-0.25, -0.2) is 8.42 Å². The average Bonchev–Trinajstić information content (AvgIpc) is 3.58. The van der Waals surface area contributed by atoms with Gasteiger partial charge in [0.2, 0.25) is 0 Å². The molecule has 14 nitrogen and oxygen atoms in total. The van der Waals surface area contributed by atoms with Crippen molar-refractivity contribution in [3.05, 3.63) is 99.3 Å². The monoisotopic (exact) mass is 859 g/mol. The van der Waals surface area contributed by atoms with Crippen molar-refractivity contribution in [1.29, 1.82) is 0 Å². The Hall–Kier alpha value is -4.48. The van der Waals surface area contributed by atoms with Crippen molar-refractivity contribution in [2.24, 2.45) is 0 Å². The zero-order chi connectivity index (χ0) is 42.2. The van der Waals surface area contributed by atoms with E-state index >= 15 is 0 Å². The highest BCUT2D eigenvalue weighted by atomic mass is 35.5. The van der Waals surface area contributed by atoms with Crippen molar-refractivity contribution in [3.8, 4) is 28.4 Å². The summed E-state index contributed by atoms with van der Waals surface area (Å²) < 4.78 is 47.6. The summed E-state index contributed by atoms with van der Waals surface area (Å²) >= 11 is 13.6. The lowest BCUT2D eigenvalue weighted by molar-refractivity contribution is -0.146. The summed E-state index contributed by atoms with van der Waals surface area (Å²) in [6, 6.07) is 15.4. The summed E-state index contributed by atoms with van der Waals surface area (Å²) in [4.78, 5) is 29.9. The Bertz CT molecular complexity index is 2230. The molecule has 0 saturated carbocycles. The molecule has 3 atom stereocenters. The number of pyridine rings is 1. The van der Waals surface area contributed by atoms with E-state index in [0.717, 1.165) is 28.5 Å². The highest BCUT2D eigenvalue weighted by Crippen LogP contribution is 2.39. The van der Waals surface area contributed by atoms with E-state index in [1.165, 1.54) is 32.5 Å². The first-order valence-corrected chi connectivity index (χ1v) is 21.0. The number of sulfone groups is 1. The number of halogens is 2. The highest BCUT2D eigenvalue weighted by molar-refractivity contribution is 7.90. The fourth-order valence-corrected chi connectivity index (χ4v) is 7.57. The summed E-state index contributed by atoms with van der Waals surface area (Å²) in [7, 11) is -2.18. The third-order valence-corrected chi connectivity index (χ3v) is 11.7. The molecule has 4 aromatic rings. The molecule has 2 heterocycles. The fraction of sp³-hybridized carbons (Fsp3) is 0.390. The second-order valence-electron chi connectivity index (χ2n) is 14.3. The molecule has 0 aliphatic carbocycles. The molecular formula is C41H47Cl2N3O11S. The number of nitrogens with zero attached hydrogens (tertiary/aromatic N) is 2. The number of methoxy groups -OCH3 is 1. The Balaban J connectivity index is 1.31. The van der Waals surface area contributed by atoms with E-state index in [-0.39, 0.29) is 47.1 Å². The third-order valence-electron chi connectivity index (χ3n) is 9.95. The van der Waals surface area contributed by atoms with Gasteiger partial charge >= 0.3 is 11.9 Å². The van der Waals surface area contributed by atoms with Gasteiger partial charge in [0.25, 0.3) is 0 Å². The van der Waals surface area contributed by atoms with Gasteiger partial charge < -0.3 is 34.3 Å². The first kappa shape index (κ1) is 44.6. The van der Waals surface area contributed by atoms with Crippen LogP contribution in [-0.2, 0) is 43.9 Å². The Morgan fingerprint density at radius 1 is 0.983 bits per heavy atom. The van der Waals surface area contributed by atoms with Gasteiger partial charge in [-0.15, -0.1) is 0 Å². The van der Waals surface area contributed by atoms with Crippen molar-refractivity contribution in [3.63, 3.8) is 0 Å². The summed E-state index contributed by atoms with van der Waals surface area (Å²) in [6.07, 6.45) is 4.15. The lowest BCUT2D eigenvalue weighted by atomic mass is 9.96. The molecule has 4 N–H and O–H groups in total. The van der Waals surface area contributed by atoms with Gasteiger partial charge in [0, 0.05) is 67.5 Å². The Morgan fingerprint density at radius 3 is 2.41 bits per heavy atom. The Labute approximate surface area is 347 Å². The smallest absolute Gasteiger partial charge is 0.326 e. The minimum Gasteiger partial charge on any atom is -0.492 e. The second kappa shape index (κ2) is 19.5. The minimum atomic E-state index is -3.52. The van der Waals surface area contributed by atoms with Gasteiger partial charge in [-0.1, -0.05) is 53.5 Å². The number of carbonyl (C=O) groups is 2. The number of benzene rings is 3. The molecule has 5 rings (SSSR count). The van der Waals surface area contributed by atoms with Crippen LogP contribution in [0.5, 0.6) is 17.2 Å². The van der Waals surface area contributed by atoms with Crippen LogP contribution in [0.4, 0.5) is 0 Å². The molecule has 0 spiro atoms. The number of hydrogen-bond acceptors (Lipinski definition) is 13. The zero-order valence-electron chi connectivity index (χ0n) is 32.5. The molecule has 1 aliphatic heterocycles. The Morgan fingerprint density at radius 2 is 1.71 bits per heavy atom. The van der Waals surface area contributed by atoms with Crippen molar-refractivity contribution in [2.45, 2.75) is 69.0 Å². The molecule has 17 heteroatoms. The van der Waals surface area contributed by atoms with Gasteiger partial charge in [0.15, 0.2) is 9.84 Å². The summed E-state index contributed by atoms with van der Waals surface area (Å²) in [5.74, 6) is -0.572. The first-order valence-electron chi connectivity index (χ1n) is 18.4. The topological polar surface area (TPSA) is 194 Å². The van der Waals surface area contributed by atoms with Crippen LogP contribution in [0.25, 0.3) is 11.1 Å². The molecule has 1 aromatic heterocycles. The molecule has 58 heavy (non-hydrogen) atoms. The molecule has 0 bridgehead atoms. The predicted molar refractivity (Wildman–Crippen MR) is 217 cm³/mol. The quantitative estimate of drug-likeness (QED) is 0.0708. The van der Waals surface area contributed by atoms with Crippen LogP contribution < -0.4 is 19.5 Å². The molecule has 0 amide bonds. The molecule has 1 aliphatic rings. The number of carbonyl (C=O) groups excluding carboxylic acids is 1. The lowest BCUT2D eigenvalue weighted by Crippen LogP contribution is -2.52. The van der Waals surface area contributed by atoms with Gasteiger partial charge in [0.05, 0.1) is 41.4 Å². The lowest BCUT2D eigenvalue weighted by Gasteiger charge is -2.25. The molecule has 0 radical (unpaired) electrons. The third kappa shape index (κ3) is 11.0. The number of aliphatic hydroxyl groups is 2. The molecule has 3 aromatic carbocycles. The molecular weight excluding hydrogens is 813 g/mol. The average molecular weight is 861 g/mol. The maximum atomic E-state index is 12.1. The van der Waals surface area contributed by atoms with Gasteiger partial charge in [-0.3, -0.25) is 24.8 Å². The minimum absolute atomic E-state index is 0.0282. The number of nitrogens with one attached hydrogen (secondary N) is 1. The van der Waals surface area contributed by atoms with Crippen LogP contribution in [0.1, 0.15) is 42.0 Å². The van der Waals surface area contributed by atoms with E-state index in [2.05, 4.69) is 10.3 Å². The number of β-amino-alcohol motifs (C(OH)–C–C–N with tert-alkyl or cyclic N) is 1. The molecule has 1 saturated heterocycles. The van der Waals surface area contributed by atoms with Crippen LogP contribution in [-0.4, -0.2) is 103 Å².